The molecule has 5 nitrogen and oxygen atoms in total. The van der Waals surface area contributed by atoms with Crippen LogP contribution in [0.1, 0.15) is 19.3 Å². The van der Waals surface area contributed by atoms with Crippen molar-refractivity contribution in [1.29, 1.82) is 0 Å². The first kappa shape index (κ1) is 11.1. The van der Waals surface area contributed by atoms with E-state index in [0.29, 0.717) is 18.1 Å². The molecule has 0 saturated heterocycles. The minimum absolute atomic E-state index is 0.108. The molecule has 0 unspecified atom stereocenters. The third-order valence-electron chi connectivity index (χ3n) is 2.39. The highest BCUT2D eigenvalue weighted by Crippen LogP contribution is 1.99. The fourth-order valence-electron chi connectivity index (χ4n) is 1.56. The van der Waals surface area contributed by atoms with Crippen molar-refractivity contribution in [2.45, 2.75) is 25.8 Å². The molecule has 2 aromatic heterocycles. The zero-order valence-corrected chi connectivity index (χ0v) is 9.60. The first-order valence-electron chi connectivity index (χ1n) is 5.28. The Kier molecular flexibility index (Phi) is 3.56. The number of rotatable bonds is 5. The Morgan fingerprint density at radius 1 is 1.31 bits per heavy atom. The normalized spacial score (nSPS) is 11.1. The Hall–Kier alpha value is -1.36. The van der Waals surface area contributed by atoms with Gasteiger partial charge in [0.1, 0.15) is 0 Å². The van der Waals surface area contributed by atoms with E-state index in [4.69, 9.17) is 11.6 Å². The maximum absolute atomic E-state index is 11.8. The lowest BCUT2D eigenvalue weighted by Crippen LogP contribution is -2.21. The third kappa shape index (κ3) is 2.24. The molecule has 2 rings (SSSR count). The summed E-state index contributed by atoms with van der Waals surface area (Å²) in [5.74, 6) is 0.671. The topological polar surface area (TPSA) is 52.2 Å². The van der Waals surface area contributed by atoms with Crippen LogP contribution >= 0.6 is 11.6 Å². The van der Waals surface area contributed by atoms with E-state index in [1.807, 2.05) is 0 Å². The van der Waals surface area contributed by atoms with Crippen molar-refractivity contribution in [3.8, 4) is 0 Å². The molecule has 0 fully saturated rings. The molecule has 0 radical (unpaired) electrons. The van der Waals surface area contributed by atoms with Crippen molar-refractivity contribution in [2.24, 2.45) is 0 Å². The summed E-state index contributed by atoms with van der Waals surface area (Å²) in [6, 6.07) is 0. The minimum atomic E-state index is -0.108. The second-order valence-electron chi connectivity index (χ2n) is 3.56. The van der Waals surface area contributed by atoms with Crippen LogP contribution in [0, 0.1) is 0 Å². The Labute approximate surface area is 97.7 Å². The number of halogens is 1. The Bertz CT molecular complexity index is 519. The Morgan fingerprint density at radius 2 is 2.19 bits per heavy atom. The van der Waals surface area contributed by atoms with Crippen LogP contribution in [0.5, 0.6) is 0 Å². The van der Waals surface area contributed by atoms with Crippen molar-refractivity contribution >= 4 is 17.2 Å². The van der Waals surface area contributed by atoms with E-state index in [1.54, 1.807) is 18.6 Å². The van der Waals surface area contributed by atoms with Gasteiger partial charge < -0.3 is 0 Å². The fraction of sp³-hybridized carbons (Fsp3) is 0.500. The van der Waals surface area contributed by atoms with Crippen molar-refractivity contribution in [1.82, 2.24) is 19.2 Å². The summed E-state index contributed by atoms with van der Waals surface area (Å²) in [6.45, 7) is 0.636. The second kappa shape index (κ2) is 5.12. The molecule has 0 aliphatic heterocycles. The number of hydrogen-bond acceptors (Lipinski definition) is 3. The summed E-state index contributed by atoms with van der Waals surface area (Å²) in [5.41, 5.74) is 0.480. The molecule has 6 heteroatoms. The van der Waals surface area contributed by atoms with E-state index in [-0.39, 0.29) is 5.69 Å². The van der Waals surface area contributed by atoms with Gasteiger partial charge in [0.05, 0.1) is 6.20 Å². The molecule has 0 amide bonds. The molecule has 2 heterocycles. The summed E-state index contributed by atoms with van der Waals surface area (Å²) in [5, 5.41) is 4.18. The number of unbranched alkanes of at least 4 members (excludes halogenated alkanes) is 2. The predicted octanol–water partition coefficient (Wildman–Crippen LogP) is 1.30. The number of hydrogen-bond donors (Lipinski definition) is 0. The zero-order valence-electron chi connectivity index (χ0n) is 8.84. The summed E-state index contributed by atoms with van der Waals surface area (Å²) < 4.78 is 2.97. The van der Waals surface area contributed by atoms with E-state index >= 15 is 0 Å². The van der Waals surface area contributed by atoms with E-state index in [2.05, 4.69) is 10.1 Å². The van der Waals surface area contributed by atoms with E-state index < -0.39 is 0 Å². The number of fused-ring (bicyclic) bond motifs is 1. The molecule has 0 aromatic carbocycles. The van der Waals surface area contributed by atoms with Crippen LogP contribution in [0.2, 0.25) is 0 Å². The number of nitrogens with zero attached hydrogens (tertiary/aromatic N) is 4. The molecule has 0 saturated carbocycles. The summed E-state index contributed by atoms with van der Waals surface area (Å²) in [6.07, 6.45) is 7.70. The van der Waals surface area contributed by atoms with Crippen LogP contribution in [0.3, 0.4) is 0 Å². The molecule has 0 N–H and O–H groups in total. The number of aromatic nitrogens is 4. The van der Waals surface area contributed by atoms with Crippen LogP contribution in [0.25, 0.3) is 5.65 Å². The first-order valence-corrected chi connectivity index (χ1v) is 5.81. The molecule has 0 aliphatic rings. The maximum atomic E-state index is 11.8. The number of alkyl halides is 1. The van der Waals surface area contributed by atoms with Gasteiger partial charge >= 0.3 is 5.69 Å². The van der Waals surface area contributed by atoms with Gasteiger partial charge in [-0.05, 0) is 12.8 Å². The third-order valence-corrected chi connectivity index (χ3v) is 2.66. The summed E-state index contributed by atoms with van der Waals surface area (Å²) in [7, 11) is 0. The first-order chi connectivity index (χ1) is 7.83. The Morgan fingerprint density at radius 3 is 2.94 bits per heavy atom. The standard InChI is InChI=1S/C10H13ClN4O/c11-4-2-1-3-6-15-10(16)14-7-5-12-8-9(14)13-15/h5,7-8H,1-4,6H2. The van der Waals surface area contributed by atoms with Gasteiger partial charge in [-0.1, -0.05) is 6.42 Å². The van der Waals surface area contributed by atoms with Crippen LogP contribution in [-0.4, -0.2) is 25.0 Å². The average Bonchev–Trinajstić information content (AvgIpc) is 2.63. The molecular formula is C10H13ClN4O. The molecule has 86 valence electrons. The summed E-state index contributed by atoms with van der Waals surface area (Å²) in [4.78, 5) is 15.7. The minimum Gasteiger partial charge on any atom is -0.259 e. The SMILES string of the molecule is O=c1n(CCCCCCl)nc2cnccn12. The molecule has 0 aliphatic carbocycles. The van der Waals surface area contributed by atoms with Crippen molar-refractivity contribution in [2.75, 3.05) is 5.88 Å². The lowest BCUT2D eigenvalue weighted by Gasteiger charge is -1.97. The molecule has 2 aromatic rings. The van der Waals surface area contributed by atoms with Crippen LogP contribution in [-0.2, 0) is 6.54 Å². The van der Waals surface area contributed by atoms with Crippen molar-refractivity contribution in [3.05, 3.63) is 29.1 Å². The molecule has 0 atom stereocenters. The van der Waals surface area contributed by atoms with Gasteiger partial charge in [0.2, 0.25) is 0 Å². The van der Waals surface area contributed by atoms with Gasteiger partial charge in [0, 0.05) is 24.8 Å². The maximum Gasteiger partial charge on any atom is 0.350 e. The van der Waals surface area contributed by atoms with E-state index in [9.17, 15) is 4.79 Å². The fourth-order valence-corrected chi connectivity index (χ4v) is 1.75. The van der Waals surface area contributed by atoms with Gasteiger partial charge in [-0.3, -0.25) is 4.98 Å². The van der Waals surface area contributed by atoms with Gasteiger partial charge in [-0.15, -0.1) is 16.7 Å². The zero-order chi connectivity index (χ0) is 11.4. The van der Waals surface area contributed by atoms with E-state index in [1.165, 1.54) is 9.08 Å². The molecule has 16 heavy (non-hydrogen) atoms. The highest BCUT2D eigenvalue weighted by molar-refractivity contribution is 6.17. The predicted molar refractivity (Wildman–Crippen MR) is 61.8 cm³/mol. The van der Waals surface area contributed by atoms with Gasteiger partial charge in [-0.25, -0.2) is 13.9 Å². The lowest BCUT2D eigenvalue weighted by molar-refractivity contribution is 0.539. The van der Waals surface area contributed by atoms with Crippen LogP contribution < -0.4 is 5.69 Å². The largest absolute Gasteiger partial charge is 0.350 e. The number of aryl methyl sites for hydroxylation is 1. The van der Waals surface area contributed by atoms with Crippen LogP contribution in [0.4, 0.5) is 0 Å². The van der Waals surface area contributed by atoms with Gasteiger partial charge in [0.25, 0.3) is 0 Å². The van der Waals surface area contributed by atoms with Crippen LogP contribution in [0.15, 0.2) is 23.4 Å². The summed E-state index contributed by atoms with van der Waals surface area (Å²) >= 11 is 5.58. The molecular weight excluding hydrogens is 228 g/mol. The lowest BCUT2D eigenvalue weighted by atomic mass is 10.2. The monoisotopic (exact) mass is 240 g/mol. The highest BCUT2D eigenvalue weighted by Gasteiger charge is 2.04. The second-order valence-corrected chi connectivity index (χ2v) is 3.94. The highest BCUT2D eigenvalue weighted by atomic mass is 35.5. The molecule has 0 bridgehead atoms. The molecule has 0 spiro atoms. The Balaban J connectivity index is 2.13. The van der Waals surface area contributed by atoms with Gasteiger partial charge in [-0.2, -0.15) is 0 Å². The van der Waals surface area contributed by atoms with Crippen molar-refractivity contribution < 1.29 is 0 Å². The van der Waals surface area contributed by atoms with Gasteiger partial charge in [0.15, 0.2) is 5.65 Å². The van der Waals surface area contributed by atoms with E-state index in [0.717, 1.165) is 19.3 Å². The average molecular weight is 241 g/mol. The quantitative estimate of drug-likeness (QED) is 0.585. The smallest absolute Gasteiger partial charge is 0.259 e. The van der Waals surface area contributed by atoms with Crippen molar-refractivity contribution in [3.63, 3.8) is 0 Å².